The zero-order chi connectivity index (χ0) is 13.3. The number of halogens is 2. The van der Waals surface area contributed by atoms with Gasteiger partial charge in [0.2, 0.25) is 0 Å². The van der Waals surface area contributed by atoms with Crippen LogP contribution < -0.4 is 11.1 Å². The van der Waals surface area contributed by atoms with Crippen LogP contribution in [0.25, 0.3) is 5.70 Å². The minimum atomic E-state index is -0.402. The number of hydrogen-bond donors (Lipinski definition) is 2. The Kier molecular flexibility index (Phi) is 3.92. The van der Waals surface area contributed by atoms with E-state index in [2.05, 4.69) is 32.7 Å². The lowest BCUT2D eigenvalue weighted by atomic mass is 10.1. The van der Waals surface area contributed by atoms with Crippen molar-refractivity contribution >= 4 is 27.3 Å². The lowest BCUT2D eigenvalue weighted by Crippen LogP contribution is -2.42. The first-order valence-electron chi connectivity index (χ1n) is 5.91. The van der Waals surface area contributed by atoms with Crippen molar-refractivity contribution in [1.82, 2.24) is 10.2 Å². The molecule has 1 aliphatic heterocycles. The normalized spacial score (nSPS) is 15.8. The van der Waals surface area contributed by atoms with E-state index in [4.69, 9.17) is 5.73 Å². The van der Waals surface area contributed by atoms with Crippen LogP contribution in [0.3, 0.4) is 0 Å². The van der Waals surface area contributed by atoms with E-state index in [1.165, 1.54) is 0 Å². The van der Waals surface area contributed by atoms with Gasteiger partial charge in [0, 0.05) is 37.4 Å². The van der Waals surface area contributed by atoms with Crippen molar-refractivity contribution in [2.45, 2.75) is 6.92 Å². The molecule has 98 valence electrons. The molecule has 5 heteroatoms. The fourth-order valence-electron chi connectivity index (χ4n) is 2.11. The van der Waals surface area contributed by atoms with E-state index in [0.29, 0.717) is 10.0 Å². The van der Waals surface area contributed by atoms with Gasteiger partial charge in [0.25, 0.3) is 0 Å². The molecule has 0 unspecified atom stereocenters. The maximum Gasteiger partial charge on any atom is 0.161 e. The first kappa shape index (κ1) is 13.4. The molecule has 0 atom stereocenters. The monoisotopic (exact) mass is 313 g/mol. The van der Waals surface area contributed by atoms with Crippen LogP contribution >= 0.6 is 15.9 Å². The van der Waals surface area contributed by atoms with E-state index in [9.17, 15) is 4.39 Å². The average Bonchev–Trinajstić information content (AvgIpc) is 2.41. The summed E-state index contributed by atoms with van der Waals surface area (Å²) in [5.41, 5.74) is 8.33. The Bertz CT molecular complexity index is 482. The summed E-state index contributed by atoms with van der Waals surface area (Å²) in [4.78, 5) is 2.13. The second-order valence-electron chi connectivity index (χ2n) is 4.47. The number of hydrogen-bond acceptors (Lipinski definition) is 3. The SMILES string of the molecule is C=C(c1cc(C)c(Br)c(F)c1N)N1CCNCC1. The third-order valence-corrected chi connectivity index (χ3v) is 4.21. The van der Waals surface area contributed by atoms with Gasteiger partial charge in [-0.3, -0.25) is 0 Å². The van der Waals surface area contributed by atoms with Crippen LogP contribution in [0.2, 0.25) is 0 Å². The molecule has 0 aromatic heterocycles. The first-order valence-corrected chi connectivity index (χ1v) is 6.70. The summed E-state index contributed by atoms with van der Waals surface area (Å²) in [6.07, 6.45) is 0. The maximum atomic E-state index is 13.9. The second-order valence-corrected chi connectivity index (χ2v) is 5.26. The highest BCUT2D eigenvalue weighted by Gasteiger charge is 2.19. The molecule has 0 amide bonds. The number of anilines is 1. The van der Waals surface area contributed by atoms with E-state index < -0.39 is 5.82 Å². The topological polar surface area (TPSA) is 41.3 Å². The molecule has 1 saturated heterocycles. The lowest BCUT2D eigenvalue weighted by Gasteiger charge is -2.31. The van der Waals surface area contributed by atoms with Gasteiger partial charge in [0.05, 0.1) is 10.2 Å². The number of benzene rings is 1. The predicted molar refractivity (Wildman–Crippen MR) is 76.7 cm³/mol. The summed E-state index contributed by atoms with van der Waals surface area (Å²) in [7, 11) is 0. The molecule has 1 aromatic rings. The third kappa shape index (κ3) is 2.37. The molecule has 3 N–H and O–H groups in total. The number of piperazine rings is 1. The van der Waals surface area contributed by atoms with Crippen molar-refractivity contribution < 1.29 is 4.39 Å². The predicted octanol–water partition coefficient (Wildman–Crippen LogP) is 2.35. The largest absolute Gasteiger partial charge is 0.396 e. The average molecular weight is 314 g/mol. The zero-order valence-electron chi connectivity index (χ0n) is 10.4. The van der Waals surface area contributed by atoms with Crippen LogP contribution in [-0.2, 0) is 0 Å². The van der Waals surface area contributed by atoms with E-state index in [-0.39, 0.29) is 5.69 Å². The van der Waals surface area contributed by atoms with Gasteiger partial charge < -0.3 is 16.0 Å². The molecule has 1 aliphatic rings. The van der Waals surface area contributed by atoms with Gasteiger partial charge in [-0.1, -0.05) is 6.58 Å². The zero-order valence-corrected chi connectivity index (χ0v) is 12.0. The Hall–Kier alpha value is -1.07. The first-order chi connectivity index (χ1) is 8.52. The number of nitrogens with zero attached hydrogens (tertiary/aromatic N) is 1. The van der Waals surface area contributed by atoms with Gasteiger partial charge in [-0.05, 0) is 34.5 Å². The van der Waals surface area contributed by atoms with E-state index in [1.807, 2.05) is 13.0 Å². The fourth-order valence-corrected chi connectivity index (χ4v) is 2.44. The summed E-state index contributed by atoms with van der Waals surface area (Å²) in [5, 5.41) is 3.27. The second kappa shape index (κ2) is 5.28. The highest BCUT2D eigenvalue weighted by molar-refractivity contribution is 9.10. The Morgan fingerprint density at radius 1 is 1.50 bits per heavy atom. The summed E-state index contributed by atoms with van der Waals surface area (Å²) < 4.78 is 14.4. The summed E-state index contributed by atoms with van der Waals surface area (Å²) in [6.45, 7) is 9.47. The standard InChI is InChI=1S/C13H17BrFN3/c1-8-7-10(13(16)12(15)11(8)14)9(2)18-5-3-17-4-6-18/h7,17H,2-6,16H2,1H3. The summed E-state index contributed by atoms with van der Waals surface area (Å²) in [6, 6.07) is 1.88. The summed E-state index contributed by atoms with van der Waals surface area (Å²) in [5.74, 6) is -0.402. The van der Waals surface area contributed by atoms with Crippen molar-refractivity contribution in [3.8, 4) is 0 Å². The molecular weight excluding hydrogens is 297 g/mol. The van der Waals surface area contributed by atoms with Gasteiger partial charge in [-0.25, -0.2) is 4.39 Å². The quantitative estimate of drug-likeness (QED) is 0.824. The molecule has 0 saturated carbocycles. The van der Waals surface area contributed by atoms with Crippen molar-refractivity contribution in [3.05, 3.63) is 34.1 Å². The molecule has 0 aliphatic carbocycles. The number of nitrogens with one attached hydrogen (secondary N) is 1. The highest BCUT2D eigenvalue weighted by atomic mass is 79.9. The van der Waals surface area contributed by atoms with Gasteiger partial charge >= 0.3 is 0 Å². The summed E-state index contributed by atoms with van der Waals surface area (Å²) >= 11 is 3.20. The van der Waals surface area contributed by atoms with Crippen LogP contribution in [0.5, 0.6) is 0 Å². The smallest absolute Gasteiger partial charge is 0.161 e. The van der Waals surface area contributed by atoms with Crippen molar-refractivity contribution in [1.29, 1.82) is 0 Å². The van der Waals surface area contributed by atoms with Crippen LogP contribution in [-0.4, -0.2) is 31.1 Å². The minimum absolute atomic E-state index is 0.163. The molecule has 18 heavy (non-hydrogen) atoms. The number of aryl methyl sites for hydroxylation is 1. The number of nitrogens with two attached hydrogens (primary N) is 1. The lowest BCUT2D eigenvalue weighted by molar-refractivity contribution is 0.341. The van der Waals surface area contributed by atoms with Crippen LogP contribution in [0, 0.1) is 12.7 Å². The van der Waals surface area contributed by atoms with Crippen molar-refractivity contribution in [3.63, 3.8) is 0 Å². The number of nitrogen functional groups attached to an aromatic ring is 1. The molecule has 0 spiro atoms. The Labute approximate surface area is 115 Å². The molecule has 1 fully saturated rings. The fraction of sp³-hybridized carbons (Fsp3) is 0.385. The minimum Gasteiger partial charge on any atom is -0.396 e. The maximum absolute atomic E-state index is 13.9. The van der Waals surface area contributed by atoms with E-state index >= 15 is 0 Å². The Morgan fingerprint density at radius 3 is 2.72 bits per heavy atom. The van der Waals surface area contributed by atoms with E-state index in [0.717, 1.165) is 37.4 Å². The van der Waals surface area contributed by atoms with Crippen LogP contribution in [0.15, 0.2) is 17.1 Å². The number of rotatable bonds is 2. The van der Waals surface area contributed by atoms with Crippen LogP contribution in [0.1, 0.15) is 11.1 Å². The molecule has 0 radical (unpaired) electrons. The Balaban J connectivity index is 2.35. The molecule has 0 bridgehead atoms. The van der Waals surface area contributed by atoms with Gasteiger partial charge in [0.1, 0.15) is 0 Å². The van der Waals surface area contributed by atoms with E-state index in [1.54, 1.807) is 0 Å². The van der Waals surface area contributed by atoms with Crippen LogP contribution in [0.4, 0.5) is 10.1 Å². The van der Waals surface area contributed by atoms with Gasteiger partial charge in [0.15, 0.2) is 5.82 Å². The molecule has 1 aromatic carbocycles. The third-order valence-electron chi connectivity index (χ3n) is 3.24. The highest BCUT2D eigenvalue weighted by Crippen LogP contribution is 2.32. The Morgan fingerprint density at radius 2 is 2.11 bits per heavy atom. The molecule has 1 heterocycles. The molecule has 3 nitrogen and oxygen atoms in total. The molecule has 2 rings (SSSR count). The van der Waals surface area contributed by atoms with Crippen molar-refractivity contribution in [2.24, 2.45) is 0 Å². The molecular formula is C13H17BrFN3. The van der Waals surface area contributed by atoms with Gasteiger partial charge in [-0.2, -0.15) is 0 Å². The van der Waals surface area contributed by atoms with Crippen molar-refractivity contribution in [2.75, 3.05) is 31.9 Å². The van der Waals surface area contributed by atoms with Gasteiger partial charge in [-0.15, -0.1) is 0 Å².